The first-order valence-electron chi connectivity index (χ1n) is 4.10. The van der Waals surface area contributed by atoms with E-state index in [2.05, 4.69) is 33.8 Å². The van der Waals surface area contributed by atoms with Gasteiger partial charge in [-0.2, -0.15) is 0 Å². The van der Waals surface area contributed by atoms with E-state index in [1.54, 1.807) is 0 Å². The van der Waals surface area contributed by atoms with Gasteiger partial charge in [-0.15, -0.1) is 0 Å². The predicted molar refractivity (Wildman–Crippen MR) is 52.4 cm³/mol. The van der Waals surface area contributed by atoms with Gasteiger partial charge in [0.1, 0.15) is 0 Å². The number of hydrogen-bond acceptors (Lipinski definition) is 1. The van der Waals surface area contributed by atoms with Gasteiger partial charge >= 0.3 is 116 Å². The molecule has 0 aromatic rings. The van der Waals surface area contributed by atoms with Crippen molar-refractivity contribution in [1.82, 2.24) is 0 Å². The second-order valence-corrected chi connectivity index (χ2v) is 27.7. The topological polar surface area (TPSA) is 9.23 Å². The van der Waals surface area contributed by atoms with Crippen molar-refractivity contribution < 1.29 is 63.8 Å². The summed E-state index contributed by atoms with van der Waals surface area (Å²) in [5.74, 6) is 0.811. The second-order valence-electron chi connectivity index (χ2n) is 4.27. The van der Waals surface area contributed by atoms with E-state index in [-0.39, 0.29) is 0 Å². The third kappa shape index (κ3) is 9.58. The summed E-state index contributed by atoms with van der Waals surface area (Å²) in [5, 5.41) is 0. The molecule has 0 saturated carbocycles. The molecule has 1 unspecified atom stereocenters. The molecule has 12 heavy (non-hydrogen) atoms. The van der Waals surface area contributed by atoms with Crippen molar-refractivity contribution in [2.75, 3.05) is 26.2 Å². The Morgan fingerprint density at radius 1 is 1.17 bits per heavy atom. The van der Waals surface area contributed by atoms with E-state index in [1.807, 2.05) is 0 Å². The van der Waals surface area contributed by atoms with Crippen molar-refractivity contribution in [3.05, 3.63) is 0 Å². The summed E-state index contributed by atoms with van der Waals surface area (Å²) in [6.45, 7) is 11.6. The summed E-state index contributed by atoms with van der Waals surface area (Å²) < 4.78 is 4.48. The first kappa shape index (κ1) is 15.0. The Morgan fingerprint density at radius 2 is 1.58 bits per heavy atom. The normalized spacial score (nSPS) is 18.2. The standard InChI is InChI=1S/C7H18OP2.2Y/c1-7(2)6-10(5)8-9(3)4;;/h7H,6H2,1-5H3;;. The fraction of sp³-hybridized carbons (Fsp3) is 1.00. The molecular weight excluding hydrogens is 340 g/mol. The Kier molecular flexibility index (Phi) is 7.43. The zero-order chi connectivity index (χ0) is 9.99. The van der Waals surface area contributed by atoms with Crippen LogP contribution in [0.5, 0.6) is 0 Å². The van der Waals surface area contributed by atoms with Gasteiger partial charge in [0, 0.05) is 0 Å². The van der Waals surface area contributed by atoms with Crippen molar-refractivity contribution in [2.24, 2.45) is 5.92 Å². The second kappa shape index (κ2) is 5.94. The van der Waals surface area contributed by atoms with Crippen molar-refractivity contribution >= 4 is 6.50 Å². The van der Waals surface area contributed by atoms with Crippen molar-refractivity contribution in [1.29, 1.82) is 0 Å². The molecule has 0 aliphatic heterocycles. The molecule has 0 aliphatic carbocycles. The SMILES string of the molecule is CC(C)C[P](C)(=[Y])O[P](C)(C)=[Y]. The van der Waals surface area contributed by atoms with Crippen LogP contribution in [0.3, 0.4) is 0 Å². The molecule has 0 saturated heterocycles. The average molecular weight is 358 g/mol. The van der Waals surface area contributed by atoms with Gasteiger partial charge in [-0.25, -0.2) is 0 Å². The molecule has 0 N–H and O–H groups in total. The van der Waals surface area contributed by atoms with Gasteiger partial charge in [0.2, 0.25) is 0 Å². The fourth-order valence-corrected chi connectivity index (χ4v) is 26.0. The molecule has 0 radical (unpaired) electrons. The third-order valence-electron chi connectivity index (χ3n) is 1.12. The quantitative estimate of drug-likeness (QED) is 0.701. The van der Waals surface area contributed by atoms with E-state index in [1.165, 1.54) is 65.6 Å². The maximum atomic E-state index is 6.27. The minimum absolute atomic E-state index is 0.811. The van der Waals surface area contributed by atoms with Crippen LogP contribution in [-0.2, 0) is 63.8 Å². The first-order chi connectivity index (χ1) is 5.12. The summed E-state index contributed by atoms with van der Waals surface area (Å²) >= 11 is 2.64. The molecule has 68 valence electrons. The summed E-state index contributed by atoms with van der Waals surface area (Å²) in [5.41, 5.74) is 0. The van der Waals surface area contributed by atoms with Crippen LogP contribution in [0.1, 0.15) is 13.8 Å². The van der Waals surface area contributed by atoms with Gasteiger partial charge in [-0.05, 0) is 0 Å². The zero-order valence-electron chi connectivity index (χ0n) is 8.74. The van der Waals surface area contributed by atoms with Crippen molar-refractivity contribution in [3.63, 3.8) is 0 Å². The predicted octanol–water partition coefficient (Wildman–Crippen LogP) is 3.34. The van der Waals surface area contributed by atoms with Crippen LogP contribution in [-0.4, -0.2) is 26.2 Å². The van der Waals surface area contributed by atoms with E-state index in [0.29, 0.717) is 0 Å². The monoisotopic (exact) mass is 358 g/mol. The summed E-state index contributed by atoms with van der Waals surface area (Å²) in [6.07, 6.45) is 1.33. The van der Waals surface area contributed by atoms with Gasteiger partial charge in [0.05, 0.1) is 0 Å². The van der Waals surface area contributed by atoms with Gasteiger partial charge < -0.3 is 0 Å². The van der Waals surface area contributed by atoms with Crippen LogP contribution in [0.4, 0.5) is 0 Å². The zero-order valence-corrected chi connectivity index (χ0v) is 16.2. The molecule has 0 spiro atoms. The summed E-state index contributed by atoms with van der Waals surface area (Å²) in [6, 6.07) is 0. The Balaban J connectivity index is 4.25. The van der Waals surface area contributed by atoms with Crippen LogP contribution in [0.25, 0.3) is 0 Å². The van der Waals surface area contributed by atoms with E-state index in [4.69, 9.17) is 4.31 Å². The molecule has 0 heterocycles. The van der Waals surface area contributed by atoms with Crippen molar-refractivity contribution in [2.45, 2.75) is 13.8 Å². The molecule has 0 bridgehead atoms. The van der Waals surface area contributed by atoms with E-state index < -0.39 is 6.50 Å². The van der Waals surface area contributed by atoms with E-state index in [0.717, 1.165) is 5.92 Å². The molecule has 5 heteroatoms. The van der Waals surface area contributed by atoms with Crippen LogP contribution in [0, 0.1) is 5.92 Å². The molecule has 0 amide bonds. The third-order valence-corrected chi connectivity index (χ3v) is 11.5. The van der Waals surface area contributed by atoms with Crippen LogP contribution in [0.15, 0.2) is 0 Å². The van der Waals surface area contributed by atoms with Gasteiger partial charge in [-0.1, -0.05) is 0 Å². The van der Waals surface area contributed by atoms with Crippen LogP contribution < -0.4 is 0 Å². The number of rotatable bonds is 4. The molecule has 0 rings (SSSR count). The van der Waals surface area contributed by atoms with Crippen LogP contribution >= 0.6 is 6.50 Å². The summed E-state index contributed by atoms with van der Waals surface area (Å²) in [4.78, 5) is 0. The molecule has 0 aromatic heterocycles. The average Bonchev–Trinajstić information content (AvgIpc) is 1.48. The molecular formula is C7H18OP2Y2. The van der Waals surface area contributed by atoms with Gasteiger partial charge in [-0.3, -0.25) is 0 Å². The maximum absolute atomic E-state index is 6.27. The molecule has 0 fully saturated rings. The molecule has 1 atom stereocenters. The molecule has 0 aromatic carbocycles. The first-order valence-corrected chi connectivity index (χ1v) is 16.8. The number of hydrogen-bond donors (Lipinski definition) is 0. The molecule has 1 nitrogen and oxygen atoms in total. The van der Waals surface area contributed by atoms with Gasteiger partial charge in [0.25, 0.3) is 0 Å². The Hall–Kier alpha value is 3.03. The minimum atomic E-state index is -0.908. The van der Waals surface area contributed by atoms with E-state index in [9.17, 15) is 0 Å². The van der Waals surface area contributed by atoms with Gasteiger partial charge in [0.15, 0.2) is 0 Å². The summed E-state index contributed by atoms with van der Waals surface area (Å²) in [7, 11) is 0. The molecule has 0 aliphatic rings. The fourth-order valence-electron chi connectivity index (χ4n) is 1.24. The Labute approximate surface area is 114 Å². The van der Waals surface area contributed by atoms with E-state index >= 15 is 0 Å². The van der Waals surface area contributed by atoms with Crippen LogP contribution in [0.2, 0.25) is 0 Å². The Morgan fingerprint density at radius 3 is 1.83 bits per heavy atom. The Bertz CT molecular complexity index is 232. The van der Waals surface area contributed by atoms with Crippen molar-refractivity contribution in [3.8, 4) is 0 Å².